The van der Waals surface area contributed by atoms with E-state index in [2.05, 4.69) is 0 Å². The summed E-state index contributed by atoms with van der Waals surface area (Å²) in [5, 5.41) is 12.9. The van der Waals surface area contributed by atoms with Crippen LogP contribution in [-0.2, 0) is 9.84 Å². The Kier molecular flexibility index (Phi) is 4.08. The van der Waals surface area contributed by atoms with Gasteiger partial charge in [0.05, 0.1) is 10.8 Å². The summed E-state index contributed by atoms with van der Waals surface area (Å²) in [6, 6.07) is 17.1. The fraction of sp³-hybridized carbons (Fsp3) is 0.100. The van der Waals surface area contributed by atoms with Crippen LogP contribution in [0, 0.1) is 10.1 Å². The van der Waals surface area contributed by atoms with Gasteiger partial charge in [-0.15, -0.1) is 0 Å². The van der Waals surface area contributed by atoms with Crippen molar-refractivity contribution in [2.24, 2.45) is 5.73 Å². The monoisotopic (exact) mass is 396 g/mol. The molecule has 3 aromatic carbocycles. The van der Waals surface area contributed by atoms with Gasteiger partial charge in [-0.1, -0.05) is 48.5 Å². The van der Waals surface area contributed by atoms with Crippen LogP contribution in [0.2, 0.25) is 0 Å². The highest BCUT2D eigenvalue weighted by molar-refractivity contribution is 7.94. The van der Waals surface area contributed by atoms with Crippen molar-refractivity contribution in [2.45, 2.75) is 5.92 Å². The number of allylic oxidation sites excluding steroid dienone is 1. The zero-order chi connectivity index (χ0) is 20.1. The highest BCUT2D eigenvalue weighted by Crippen LogP contribution is 2.47. The van der Waals surface area contributed by atoms with Gasteiger partial charge in [0.2, 0.25) is 5.88 Å². The van der Waals surface area contributed by atoms with Gasteiger partial charge < -0.3 is 10.5 Å². The Morgan fingerprint density at radius 3 is 2.54 bits per heavy atom. The van der Waals surface area contributed by atoms with E-state index >= 15 is 0 Å². The van der Waals surface area contributed by atoms with E-state index in [4.69, 9.17) is 10.5 Å². The van der Waals surface area contributed by atoms with Crippen molar-refractivity contribution >= 4 is 26.3 Å². The molecule has 7 nitrogen and oxygen atoms in total. The smallest absolute Gasteiger partial charge is 0.269 e. The number of hydrogen-bond acceptors (Lipinski definition) is 6. The van der Waals surface area contributed by atoms with Crippen molar-refractivity contribution in [1.29, 1.82) is 0 Å². The van der Waals surface area contributed by atoms with Gasteiger partial charge in [-0.25, -0.2) is 8.42 Å². The van der Waals surface area contributed by atoms with Crippen LogP contribution in [0.25, 0.3) is 10.8 Å². The Balaban J connectivity index is 2.05. The van der Waals surface area contributed by atoms with Crippen molar-refractivity contribution in [3.8, 4) is 5.75 Å². The number of nitro groups is 1. The van der Waals surface area contributed by atoms with Gasteiger partial charge >= 0.3 is 0 Å². The van der Waals surface area contributed by atoms with Crippen LogP contribution in [0.4, 0.5) is 5.69 Å². The second-order valence-corrected chi connectivity index (χ2v) is 8.58. The zero-order valence-corrected chi connectivity index (χ0v) is 15.6. The molecule has 3 aromatic rings. The Morgan fingerprint density at radius 2 is 1.82 bits per heavy atom. The molecule has 2 N–H and O–H groups in total. The number of non-ortho nitro benzene ring substituents is 1. The largest absolute Gasteiger partial charge is 0.440 e. The topological polar surface area (TPSA) is 113 Å². The van der Waals surface area contributed by atoms with E-state index in [0.717, 1.165) is 17.0 Å². The summed E-state index contributed by atoms with van der Waals surface area (Å²) in [5.41, 5.74) is 6.96. The van der Waals surface area contributed by atoms with Crippen LogP contribution in [0.5, 0.6) is 5.75 Å². The molecule has 1 unspecified atom stereocenters. The van der Waals surface area contributed by atoms with Crippen LogP contribution in [0.3, 0.4) is 0 Å². The molecule has 0 bridgehead atoms. The second kappa shape index (κ2) is 6.35. The lowest BCUT2D eigenvalue weighted by molar-refractivity contribution is -0.384. The lowest BCUT2D eigenvalue weighted by Crippen LogP contribution is -2.26. The van der Waals surface area contributed by atoms with Crippen LogP contribution in [0.15, 0.2) is 71.5 Å². The number of fused-ring (bicyclic) bond motifs is 3. The summed E-state index contributed by atoms with van der Waals surface area (Å²) in [6.45, 7) is 0. The number of nitrogens with zero attached hydrogens (tertiary/aromatic N) is 1. The van der Waals surface area contributed by atoms with Gasteiger partial charge in [0.15, 0.2) is 9.84 Å². The molecule has 0 saturated heterocycles. The Bertz CT molecular complexity index is 1260. The van der Waals surface area contributed by atoms with Crippen molar-refractivity contribution < 1.29 is 18.1 Å². The molecule has 1 aliphatic heterocycles. The van der Waals surface area contributed by atoms with E-state index < -0.39 is 20.7 Å². The van der Waals surface area contributed by atoms with E-state index in [0.29, 0.717) is 16.9 Å². The Labute approximate surface area is 161 Å². The van der Waals surface area contributed by atoms with Crippen LogP contribution >= 0.6 is 0 Å². The molecule has 0 spiro atoms. The first-order chi connectivity index (χ1) is 13.3. The number of ether oxygens (including phenoxy) is 1. The quantitative estimate of drug-likeness (QED) is 0.536. The molecule has 28 heavy (non-hydrogen) atoms. The molecule has 0 fully saturated rings. The molecule has 142 valence electrons. The molecule has 1 heterocycles. The van der Waals surface area contributed by atoms with Gasteiger partial charge in [-0.3, -0.25) is 10.1 Å². The summed E-state index contributed by atoms with van der Waals surface area (Å²) >= 11 is 0. The molecule has 0 amide bonds. The number of nitrogens with two attached hydrogens (primary N) is 1. The first kappa shape index (κ1) is 18.0. The van der Waals surface area contributed by atoms with Gasteiger partial charge in [0.1, 0.15) is 10.7 Å². The maximum absolute atomic E-state index is 12.5. The van der Waals surface area contributed by atoms with Gasteiger partial charge in [0.25, 0.3) is 5.69 Å². The molecular weight excluding hydrogens is 380 g/mol. The SMILES string of the molecule is CS(=O)(=O)C1=C(N)Oc2c(ccc3ccccc23)C1c1cccc([N+](=O)[O-])c1. The predicted molar refractivity (Wildman–Crippen MR) is 106 cm³/mol. The normalized spacial score (nSPS) is 16.5. The highest BCUT2D eigenvalue weighted by Gasteiger charge is 2.37. The lowest BCUT2D eigenvalue weighted by atomic mass is 9.87. The highest BCUT2D eigenvalue weighted by atomic mass is 32.2. The summed E-state index contributed by atoms with van der Waals surface area (Å²) in [5.74, 6) is -0.564. The molecule has 4 rings (SSSR count). The van der Waals surface area contributed by atoms with Crippen LogP contribution < -0.4 is 10.5 Å². The standard InChI is InChI=1S/C20H16N2O5S/c1-28(25,26)19-17(13-6-4-7-14(11-13)22(23)24)16-10-9-12-5-2-3-8-15(12)18(16)27-20(19)21/h2-11,17H,21H2,1H3. The molecule has 0 saturated carbocycles. The number of hydrogen-bond donors (Lipinski definition) is 1. The van der Waals surface area contributed by atoms with Gasteiger partial charge in [-0.2, -0.15) is 0 Å². The van der Waals surface area contributed by atoms with E-state index in [1.54, 1.807) is 12.1 Å². The first-order valence-electron chi connectivity index (χ1n) is 8.41. The number of rotatable bonds is 3. The molecular formula is C20H16N2O5S. The Morgan fingerprint density at radius 1 is 1.07 bits per heavy atom. The number of sulfone groups is 1. The third-order valence-corrected chi connectivity index (χ3v) is 5.99. The van der Waals surface area contributed by atoms with Crippen molar-refractivity contribution in [2.75, 3.05) is 6.26 Å². The zero-order valence-electron chi connectivity index (χ0n) is 14.8. The predicted octanol–water partition coefficient (Wildman–Crippen LogP) is 3.44. The van der Waals surface area contributed by atoms with Gasteiger partial charge in [-0.05, 0) is 10.9 Å². The van der Waals surface area contributed by atoms with Crippen molar-refractivity contribution in [3.63, 3.8) is 0 Å². The van der Waals surface area contributed by atoms with Gasteiger partial charge in [0, 0.05) is 29.3 Å². The minimum atomic E-state index is -3.74. The molecule has 1 aliphatic rings. The summed E-state index contributed by atoms with van der Waals surface area (Å²) in [4.78, 5) is 10.6. The van der Waals surface area contributed by atoms with Crippen LogP contribution in [-0.4, -0.2) is 19.6 Å². The number of nitro benzene ring substituents is 1. The van der Waals surface area contributed by atoms with E-state index in [9.17, 15) is 18.5 Å². The van der Waals surface area contributed by atoms with E-state index in [-0.39, 0.29) is 16.5 Å². The molecule has 1 atom stereocenters. The average Bonchev–Trinajstić information content (AvgIpc) is 2.66. The fourth-order valence-electron chi connectivity index (χ4n) is 3.59. The molecule has 0 aliphatic carbocycles. The number of benzene rings is 3. The Hall–Kier alpha value is -3.39. The van der Waals surface area contributed by atoms with Crippen molar-refractivity contribution in [3.05, 3.63) is 92.7 Å². The first-order valence-corrected chi connectivity index (χ1v) is 10.3. The average molecular weight is 396 g/mol. The summed E-state index contributed by atoms with van der Waals surface area (Å²) in [6.07, 6.45) is 1.05. The second-order valence-electron chi connectivity index (χ2n) is 6.59. The van der Waals surface area contributed by atoms with Crippen LogP contribution in [0.1, 0.15) is 17.0 Å². The summed E-state index contributed by atoms with van der Waals surface area (Å²) < 4.78 is 30.8. The third-order valence-electron chi connectivity index (χ3n) is 4.75. The molecule has 0 aromatic heterocycles. The van der Waals surface area contributed by atoms with Crippen molar-refractivity contribution in [1.82, 2.24) is 0 Å². The lowest BCUT2D eigenvalue weighted by Gasteiger charge is -2.29. The molecule has 8 heteroatoms. The maximum atomic E-state index is 12.5. The fourth-order valence-corrected chi connectivity index (χ4v) is 4.69. The third kappa shape index (κ3) is 2.87. The maximum Gasteiger partial charge on any atom is 0.269 e. The minimum Gasteiger partial charge on any atom is -0.440 e. The summed E-state index contributed by atoms with van der Waals surface area (Å²) in [7, 11) is -3.74. The minimum absolute atomic E-state index is 0.101. The van der Waals surface area contributed by atoms with E-state index in [1.807, 2.05) is 30.3 Å². The molecule has 0 radical (unpaired) electrons. The van der Waals surface area contributed by atoms with E-state index in [1.165, 1.54) is 18.2 Å².